The van der Waals surface area contributed by atoms with Gasteiger partial charge in [-0.25, -0.2) is 0 Å². The molecule has 0 radical (unpaired) electrons. The van der Waals surface area contributed by atoms with E-state index in [1.54, 1.807) is 6.08 Å². The highest BCUT2D eigenvalue weighted by atomic mass is 19.1. The molecule has 1 aromatic carbocycles. The second-order valence-corrected chi connectivity index (χ2v) is 3.14. The Morgan fingerprint density at radius 1 is 1.56 bits per heavy atom. The second kappa shape index (κ2) is 5.97. The van der Waals surface area contributed by atoms with Crippen molar-refractivity contribution in [2.75, 3.05) is 6.61 Å². The fourth-order valence-electron chi connectivity index (χ4n) is 1.17. The number of hydrogen-bond donors (Lipinski definition) is 0. The normalized spacial score (nSPS) is 10.1. The first-order chi connectivity index (χ1) is 7.66. The van der Waals surface area contributed by atoms with Gasteiger partial charge in [0, 0.05) is 11.6 Å². The highest BCUT2D eigenvalue weighted by molar-refractivity contribution is 5.36. The lowest BCUT2D eigenvalue weighted by molar-refractivity contribution is -0.387. The Morgan fingerprint density at radius 2 is 2.31 bits per heavy atom. The van der Waals surface area contributed by atoms with Gasteiger partial charge in [-0.1, -0.05) is 18.2 Å². The van der Waals surface area contributed by atoms with E-state index in [9.17, 15) is 14.5 Å². The SMILES string of the molecule is C=CCCOCc1cccc([N+](=O)[O-])c1F. The topological polar surface area (TPSA) is 52.4 Å². The molecule has 0 aromatic heterocycles. The van der Waals surface area contributed by atoms with Crippen LogP contribution >= 0.6 is 0 Å². The van der Waals surface area contributed by atoms with Crippen LogP contribution in [0.5, 0.6) is 0 Å². The molecular weight excluding hydrogens is 213 g/mol. The maximum Gasteiger partial charge on any atom is 0.305 e. The third-order valence-corrected chi connectivity index (χ3v) is 1.98. The molecule has 1 aromatic rings. The monoisotopic (exact) mass is 225 g/mol. The Labute approximate surface area is 92.5 Å². The molecule has 1 rings (SSSR count). The molecular formula is C11H12FNO3. The lowest BCUT2D eigenvalue weighted by atomic mass is 10.2. The number of nitro benzene ring substituents is 1. The molecule has 0 heterocycles. The van der Waals surface area contributed by atoms with E-state index in [-0.39, 0.29) is 12.2 Å². The Balaban J connectivity index is 2.69. The van der Waals surface area contributed by atoms with Crippen molar-refractivity contribution in [2.24, 2.45) is 0 Å². The zero-order valence-corrected chi connectivity index (χ0v) is 8.69. The summed E-state index contributed by atoms with van der Waals surface area (Å²) in [6, 6.07) is 4.03. The standard InChI is InChI=1S/C11H12FNO3/c1-2-3-7-16-8-9-5-4-6-10(11(9)12)13(14)15/h2,4-6H,1,3,7-8H2. The van der Waals surface area contributed by atoms with Crippen molar-refractivity contribution >= 4 is 5.69 Å². The maximum atomic E-state index is 13.5. The van der Waals surface area contributed by atoms with Crippen LogP contribution in [0.4, 0.5) is 10.1 Å². The van der Waals surface area contributed by atoms with Gasteiger partial charge in [-0.05, 0) is 6.42 Å². The highest BCUT2D eigenvalue weighted by Crippen LogP contribution is 2.20. The van der Waals surface area contributed by atoms with Gasteiger partial charge in [0.05, 0.1) is 18.1 Å². The van der Waals surface area contributed by atoms with Gasteiger partial charge in [-0.15, -0.1) is 6.58 Å². The van der Waals surface area contributed by atoms with Gasteiger partial charge in [0.25, 0.3) is 0 Å². The summed E-state index contributed by atoms with van der Waals surface area (Å²) < 4.78 is 18.6. The second-order valence-electron chi connectivity index (χ2n) is 3.14. The van der Waals surface area contributed by atoms with Gasteiger partial charge >= 0.3 is 5.69 Å². The molecule has 0 unspecified atom stereocenters. The van der Waals surface area contributed by atoms with E-state index in [0.717, 1.165) is 6.07 Å². The quantitative estimate of drug-likeness (QED) is 0.324. The molecule has 0 spiro atoms. The first-order valence-corrected chi connectivity index (χ1v) is 4.77. The molecule has 4 nitrogen and oxygen atoms in total. The predicted octanol–water partition coefficient (Wildman–Crippen LogP) is 2.83. The first kappa shape index (κ1) is 12.3. The van der Waals surface area contributed by atoms with Gasteiger partial charge in [-0.2, -0.15) is 4.39 Å². The molecule has 86 valence electrons. The largest absolute Gasteiger partial charge is 0.376 e. The molecule has 0 aliphatic carbocycles. The number of nitro groups is 1. The minimum absolute atomic E-state index is 0.0291. The molecule has 16 heavy (non-hydrogen) atoms. The van der Waals surface area contributed by atoms with Crippen LogP contribution in [0.25, 0.3) is 0 Å². The van der Waals surface area contributed by atoms with Crippen molar-refractivity contribution in [2.45, 2.75) is 13.0 Å². The lowest BCUT2D eigenvalue weighted by Gasteiger charge is -2.04. The lowest BCUT2D eigenvalue weighted by Crippen LogP contribution is -2.00. The summed E-state index contributed by atoms with van der Waals surface area (Å²) >= 11 is 0. The third kappa shape index (κ3) is 3.13. The zero-order valence-electron chi connectivity index (χ0n) is 8.69. The van der Waals surface area contributed by atoms with E-state index in [1.807, 2.05) is 0 Å². The molecule has 0 fully saturated rings. The molecule has 5 heteroatoms. The molecule has 0 aliphatic heterocycles. The Hall–Kier alpha value is -1.75. The minimum Gasteiger partial charge on any atom is -0.376 e. The summed E-state index contributed by atoms with van der Waals surface area (Å²) in [5, 5.41) is 10.5. The van der Waals surface area contributed by atoms with Crippen LogP contribution in [0.1, 0.15) is 12.0 Å². The summed E-state index contributed by atoms with van der Waals surface area (Å²) in [5.74, 6) is -0.828. The van der Waals surface area contributed by atoms with E-state index in [0.29, 0.717) is 13.0 Å². The van der Waals surface area contributed by atoms with Crippen LogP contribution in [0.15, 0.2) is 30.9 Å². The molecule has 0 amide bonds. The van der Waals surface area contributed by atoms with Crippen molar-refractivity contribution in [3.8, 4) is 0 Å². The Morgan fingerprint density at radius 3 is 2.94 bits per heavy atom. The van der Waals surface area contributed by atoms with Gasteiger partial charge in [0.2, 0.25) is 5.82 Å². The summed E-state index contributed by atoms with van der Waals surface area (Å²) in [4.78, 5) is 9.71. The van der Waals surface area contributed by atoms with Gasteiger partial charge < -0.3 is 4.74 Å². The predicted molar refractivity (Wildman–Crippen MR) is 57.5 cm³/mol. The number of hydrogen-bond acceptors (Lipinski definition) is 3. The number of rotatable bonds is 6. The molecule has 0 atom stereocenters. The summed E-state index contributed by atoms with van der Waals surface area (Å²) in [6.07, 6.45) is 2.35. The van der Waals surface area contributed by atoms with Crippen LogP contribution in [-0.2, 0) is 11.3 Å². The summed E-state index contributed by atoms with van der Waals surface area (Å²) in [5.41, 5.74) is -0.330. The molecule has 0 N–H and O–H groups in total. The average Bonchev–Trinajstić information content (AvgIpc) is 2.26. The molecule has 0 bridgehead atoms. The van der Waals surface area contributed by atoms with Gasteiger partial charge in [-0.3, -0.25) is 10.1 Å². The van der Waals surface area contributed by atoms with E-state index >= 15 is 0 Å². The van der Waals surface area contributed by atoms with Gasteiger partial charge in [0.1, 0.15) is 0 Å². The van der Waals surface area contributed by atoms with Crippen molar-refractivity contribution in [1.82, 2.24) is 0 Å². The summed E-state index contributed by atoms with van der Waals surface area (Å²) in [7, 11) is 0. The minimum atomic E-state index is -0.828. The fraction of sp³-hybridized carbons (Fsp3) is 0.273. The third-order valence-electron chi connectivity index (χ3n) is 1.98. The van der Waals surface area contributed by atoms with E-state index in [1.165, 1.54) is 12.1 Å². The zero-order chi connectivity index (χ0) is 12.0. The number of halogens is 1. The van der Waals surface area contributed by atoms with Crippen molar-refractivity contribution in [1.29, 1.82) is 0 Å². The highest BCUT2D eigenvalue weighted by Gasteiger charge is 2.16. The van der Waals surface area contributed by atoms with E-state index in [4.69, 9.17) is 4.74 Å². The Bertz CT molecular complexity index is 393. The molecule has 0 aliphatic rings. The smallest absolute Gasteiger partial charge is 0.305 e. The number of ether oxygens (including phenoxy) is 1. The van der Waals surface area contributed by atoms with Crippen LogP contribution in [0.2, 0.25) is 0 Å². The first-order valence-electron chi connectivity index (χ1n) is 4.77. The molecule has 0 saturated heterocycles. The number of benzene rings is 1. The maximum absolute atomic E-state index is 13.5. The van der Waals surface area contributed by atoms with Gasteiger partial charge in [0.15, 0.2) is 0 Å². The van der Waals surface area contributed by atoms with E-state index in [2.05, 4.69) is 6.58 Å². The van der Waals surface area contributed by atoms with Crippen molar-refractivity contribution in [3.05, 3.63) is 52.3 Å². The van der Waals surface area contributed by atoms with Crippen LogP contribution in [0.3, 0.4) is 0 Å². The van der Waals surface area contributed by atoms with Crippen molar-refractivity contribution < 1.29 is 14.1 Å². The Kier molecular flexibility index (Phi) is 4.60. The fourth-order valence-corrected chi connectivity index (χ4v) is 1.17. The number of nitrogens with zero attached hydrogens (tertiary/aromatic N) is 1. The van der Waals surface area contributed by atoms with Crippen LogP contribution < -0.4 is 0 Å². The van der Waals surface area contributed by atoms with Crippen molar-refractivity contribution in [3.63, 3.8) is 0 Å². The molecule has 0 saturated carbocycles. The van der Waals surface area contributed by atoms with E-state index < -0.39 is 16.4 Å². The average molecular weight is 225 g/mol. The van der Waals surface area contributed by atoms with Crippen LogP contribution in [0, 0.1) is 15.9 Å². The van der Waals surface area contributed by atoms with Crippen LogP contribution in [-0.4, -0.2) is 11.5 Å². The summed E-state index contributed by atoms with van der Waals surface area (Å²) in [6.45, 7) is 3.97.